The van der Waals surface area contributed by atoms with Gasteiger partial charge in [-0.25, -0.2) is 4.39 Å². The first-order chi connectivity index (χ1) is 17.7. The maximum atomic E-state index is 13.8. The van der Waals surface area contributed by atoms with E-state index in [0.717, 1.165) is 12.8 Å². The fourth-order valence-corrected chi connectivity index (χ4v) is 3.78. The van der Waals surface area contributed by atoms with Crippen LogP contribution in [0.3, 0.4) is 0 Å². The van der Waals surface area contributed by atoms with Crippen LogP contribution < -0.4 is 5.32 Å². The number of para-hydroxylation sites is 1. The molecule has 0 spiro atoms. The Labute approximate surface area is 218 Å². The van der Waals surface area contributed by atoms with Gasteiger partial charge in [0.15, 0.2) is 0 Å². The number of carbonyl (C=O) groups is 2. The lowest BCUT2D eigenvalue weighted by molar-refractivity contribution is -0.127. The summed E-state index contributed by atoms with van der Waals surface area (Å²) in [6.07, 6.45) is 1.59. The van der Waals surface area contributed by atoms with Crippen LogP contribution in [0.1, 0.15) is 62.5 Å². The second kappa shape index (κ2) is 12.7. The van der Waals surface area contributed by atoms with E-state index >= 15 is 0 Å². The first kappa shape index (κ1) is 27.5. The molecule has 6 nitrogen and oxygen atoms in total. The first-order valence-corrected chi connectivity index (χ1v) is 12.4. The number of hydrogen-bond acceptors (Lipinski definition) is 4. The SMILES string of the molecule is CCCCN(C(=O)c1ccccc1)C(C(=O)NC(C)(C)C)c1ccccc1N=C=Nc1ccc(F)cc1. The molecule has 7 heteroatoms. The normalized spacial score (nSPS) is 11.7. The molecule has 0 radical (unpaired) electrons. The summed E-state index contributed by atoms with van der Waals surface area (Å²) < 4.78 is 13.2. The molecular formula is C30H33FN4O2. The third kappa shape index (κ3) is 7.95. The third-order valence-corrected chi connectivity index (χ3v) is 5.50. The Morgan fingerprint density at radius 3 is 2.24 bits per heavy atom. The lowest BCUT2D eigenvalue weighted by Gasteiger charge is -2.34. The van der Waals surface area contributed by atoms with Gasteiger partial charge in [0.05, 0.1) is 11.4 Å². The van der Waals surface area contributed by atoms with Crippen molar-refractivity contribution in [2.45, 2.75) is 52.1 Å². The molecule has 3 aromatic rings. The zero-order chi connectivity index (χ0) is 26.8. The summed E-state index contributed by atoms with van der Waals surface area (Å²) in [4.78, 5) is 37.6. The molecule has 2 amide bonds. The number of nitrogens with zero attached hydrogens (tertiary/aromatic N) is 3. The standard InChI is InChI=1S/C30H33FN4O2/c1-5-6-20-35(29(37)22-12-8-7-9-13-22)27(28(36)34-30(2,3)4)25-14-10-11-15-26(25)33-21-32-24-18-16-23(31)17-19-24/h7-19,27H,5-6,20H2,1-4H3,(H,34,36). The van der Waals surface area contributed by atoms with Crippen molar-refractivity contribution in [2.24, 2.45) is 9.98 Å². The van der Waals surface area contributed by atoms with Gasteiger partial charge < -0.3 is 10.2 Å². The van der Waals surface area contributed by atoms with Crippen molar-refractivity contribution in [3.8, 4) is 0 Å². The third-order valence-electron chi connectivity index (χ3n) is 5.50. The van der Waals surface area contributed by atoms with Gasteiger partial charge in [-0.05, 0) is 69.7 Å². The Balaban J connectivity index is 2.10. The van der Waals surface area contributed by atoms with E-state index in [-0.39, 0.29) is 17.6 Å². The highest BCUT2D eigenvalue weighted by Gasteiger charge is 2.34. The largest absolute Gasteiger partial charge is 0.349 e. The molecule has 0 aliphatic carbocycles. The molecule has 1 atom stereocenters. The van der Waals surface area contributed by atoms with Crippen LogP contribution in [0.2, 0.25) is 0 Å². The Bertz CT molecular complexity index is 1260. The molecule has 0 saturated heterocycles. The Morgan fingerprint density at radius 2 is 1.59 bits per heavy atom. The van der Waals surface area contributed by atoms with Gasteiger partial charge in [-0.3, -0.25) is 9.59 Å². The smallest absolute Gasteiger partial charge is 0.254 e. The van der Waals surface area contributed by atoms with E-state index in [2.05, 4.69) is 21.3 Å². The van der Waals surface area contributed by atoms with E-state index in [9.17, 15) is 14.0 Å². The average molecular weight is 501 g/mol. The maximum Gasteiger partial charge on any atom is 0.254 e. The topological polar surface area (TPSA) is 74.1 Å². The first-order valence-electron chi connectivity index (χ1n) is 12.4. The van der Waals surface area contributed by atoms with Crippen LogP contribution in [-0.4, -0.2) is 34.8 Å². The highest BCUT2D eigenvalue weighted by Crippen LogP contribution is 2.32. The molecule has 0 aliphatic rings. The highest BCUT2D eigenvalue weighted by molar-refractivity contribution is 5.98. The van der Waals surface area contributed by atoms with Crippen LogP contribution in [0.15, 0.2) is 88.8 Å². The number of hydrogen-bond donors (Lipinski definition) is 1. The minimum atomic E-state index is -0.925. The lowest BCUT2D eigenvalue weighted by Crippen LogP contribution is -2.49. The number of aliphatic imine (C=N–C) groups is 2. The number of unbranched alkanes of at least 4 members (excludes halogenated alkanes) is 1. The Kier molecular flexibility index (Phi) is 9.47. The van der Waals surface area contributed by atoms with Gasteiger partial charge in [0.2, 0.25) is 5.91 Å². The van der Waals surface area contributed by atoms with E-state index in [0.29, 0.717) is 29.0 Å². The Morgan fingerprint density at radius 1 is 0.946 bits per heavy atom. The number of carbonyl (C=O) groups excluding carboxylic acids is 2. The summed E-state index contributed by atoms with van der Waals surface area (Å²) >= 11 is 0. The lowest BCUT2D eigenvalue weighted by atomic mass is 9.98. The summed E-state index contributed by atoms with van der Waals surface area (Å²) in [7, 11) is 0. The number of rotatable bonds is 9. The summed E-state index contributed by atoms with van der Waals surface area (Å²) in [6, 6.07) is 23.5. The zero-order valence-corrected chi connectivity index (χ0v) is 21.7. The van der Waals surface area contributed by atoms with Gasteiger partial charge in [0.25, 0.3) is 5.91 Å². The molecule has 0 saturated carbocycles. The average Bonchev–Trinajstić information content (AvgIpc) is 2.87. The number of halogens is 1. The summed E-state index contributed by atoms with van der Waals surface area (Å²) in [6.45, 7) is 8.14. The van der Waals surface area contributed by atoms with Gasteiger partial charge in [-0.2, -0.15) is 9.98 Å². The molecule has 0 aliphatic heterocycles. The predicted molar refractivity (Wildman–Crippen MR) is 145 cm³/mol. The molecule has 0 bridgehead atoms. The number of nitrogens with one attached hydrogen (secondary N) is 1. The van der Waals surface area contributed by atoms with Crippen LogP contribution in [-0.2, 0) is 4.79 Å². The second-order valence-corrected chi connectivity index (χ2v) is 9.72. The monoisotopic (exact) mass is 500 g/mol. The maximum absolute atomic E-state index is 13.8. The van der Waals surface area contributed by atoms with Crippen LogP contribution in [0.25, 0.3) is 0 Å². The molecule has 192 valence electrons. The molecule has 0 fully saturated rings. The molecule has 3 rings (SSSR count). The van der Waals surface area contributed by atoms with Gasteiger partial charge in [-0.15, -0.1) is 0 Å². The van der Waals surface area contributed by atoms with E-state index in [1.165, 1.54) is 24.3 Å². The minimum Gasteiger partial charge on any atom is -0.349 e. The highest BCUT2D eigenvalue weighted by atomic mass is 19.1. The van der Waals surface area contributed by atoms with Crippen LogP contribution in [0.5, 0.6) is 0 Å². The van der Waals surface area contributed by atoms with Crippen molar-refractivity contribution >= 4 is 29.2 Å². The molecule has 3 aromatic carbocycles. The molecule has 0 aromatic heterocycles. The molecular weight excluding hydrogens is 467 g/mol. The zero-order valence-electron chi connectivity index (χ0n) is 21.7. The van der Waals surface area contributed by atoms with Crippen molar-refractivity contribution in [3.05, 3.63) is 95.8 Å². The summed E-state index contributed by atoms with van der Waals surface area (Å²) in [5, 5.41) is 3.04. The van der Waals surface area contributed by atoms with Crippen molar-refractivity contribution < 1.29 is 14.0 Å². The number of amides is 2. The molecule has 1 N–H and O–H groups in total. The van der Waals surface area contributed by atoms with E-state index in [4.69, 9.17) is 0 Å². The van der Waals surface area contributed by atoms with Crippen molar-refractivity contribution in [3.63, 3.8) is 0 Å². The predicted octanol–water partition coefficient (Wildman–Crippen LogP) is 6.86. The van der Waals surface area contributed by atoms with Crippen LogP contribution in [0.4, 0.5) is 15.8 Å². The number of benzene rings is 3. The van der Waals surface area contributed by atoms with Gasteiger partial charge in [0.1, 0.15) is 17.9 Å². The van der Waals surface area contributed by atoms with Crippen molar-refractivity contribution in [2.75, 3.05) is 6.54 Å². The van der Waals surface area contributed by atoms with E-state index < -0.39 is 11.6 Å². The molecule has 1 unspecified atom stereocenters. The summed E-state index contributed by atoms with van der Waals surface area (Å²) in [5.74, 6) is -0.892. The quantitative estimate of drug-likeness (QED) is 0.326. The van der Waals surface area contributed by atoms with Gasteiger partial charge in [-0.1, -0.05) is 49.7 Å². The van der Waals surface area contributed by atoms with Crippen molar-refractivity contribution in [1.82, 2.24) is 10.2 Å². The van der Waals surface area contributed by atoms with E-state index in [1.807, 2.05) is 39.8 Å². The molecule has 0 heterocycles. The van der Waals surface area contributed by atoms with Gasteiger partial charge >= 0.3 is 0 Å². The van der Waals surface area contributed by atoms with Crippen molar-refractivity contribution in [1.29, 1.82) is 0 Å². The van der Waals surface area contributed by atoms with Gasteiger partial charge in [0, 0.05) is 23.2 Å². The molecule has 37 heavy (non-hydrogen) atoms. The van der Waals surface area contributed by atoms with Crippen LogP contribution >= 0.6 is 0 Å². The fourth-order valence-electron chi connectivity index (χ4n) is 3.78. The van der Waals surface area contributed by atoms with Crippen LogP contribution in [0, 0.1) is 5.82 Å². The Hall–Kier alpha value is -4.09. The van der Waals surface area contributed by atoms with E-state index in [1.54, 1.807) is 47.4 Å². The fraction of sp³-hybridized carbons (Fsp3) is 0.300. The second-order valence-electron chi connectivity index (χ2n) is 9.72. The summed E-state index contributed by atoms with van der Waals surface area (Å²) in [5.41, 5.74) is 1.51. The minimum absolute atomic E-state index is 0.234.